The second-order valence-corrected chi connectivity index (χ2v) is 6.93. The number of ether oxygens (including phenoxy) is 2. The number of H-pyrrole nitrogens is 1. The Balaban J connectivity index is 1.66. The van der Waals surface area contributed by atoms with E-state index in [1.807, 2.05) is 42.5 Å². The van der Waals surface area contributed by atoms with Crippen molar-refractivity contribution in [3.63, 3.8) is 0 Å². The van der Waals surface area contributed by atoms with Crippen molar-refractivity contribution in [3.8, 4) is 22.6 Å². The van der Waals surface area contributed by atoms with Gasteiger partial charge in [-0.05, 0) is 39.9 Å². The van der Waals surface area contributed by atoms with Gasteiger partial charge in [-0.3, -0.25) is 5.10 Å². The minimum atomic E-state index is -0.458. The fourth-order valence-corrected chi connectivity index (χ4v) is 3.70. The summed E-state index contributed by atoms with van der Waals surface area (Å²) in [5.41, 5.74) is 2.08. The standard InChI is InChI=1S/C25H18N2O3/c1-29-25(28)22-12-16(18-14-26-27-15-18)10-11-23(22)30-24-13-17-6-2-3-7-19(17)20-8-4-5-9-21(20)24/h2-15H,1H3,(H,26,27). The first-order valence-electron chi connectivity index (χ1n) is 9.54. The molecule has 0 atom stereocenters. The summed E-state index contributed by atoms with van der Waals surface area (Å²) in [7, 11) is 1.36. The third-order valence-corrected chi connectivity index (χ3v) is 5.17. The van der Waals surface area contributed by atoms with Crippen molar-refractivity contribution in [2.24, 2.45) is 0 Å². The summed E-state index contributed by atoms with van der Waals surface area (Å²) in [4.78, 5) is 12.5. The van der Waals surface area contributed by atoms with Gasteiger partial charge in [0.15, 0.2) is 0 Å². The molecular weight excluding hydrogens is 376 g/mol. The monoisotopic (exact) mass is 394 g/mol. The van der Waals surface area contributed by atoms with Crippen molar-refractivity contribution in [1.82, 2.24) is 10.2 Å². The van der Waals surface area contributed by atoms with E-state index in [0.717, 1.165) is 32.7 Å². The van der Waals surface area contributed by atoms with Crippen LogP contribution in [0.25, 0.3) is 32.7 Å². The number of carbonyl (C=O) groups excluding carboxylic acids is 1. The maximum Gasteiger partial charge on any atom is 0.341 e. The highest BCUT2D eigenvalue weighted by molar-refractivity contribution is 6.10. The smallest absolute Gasteiger partial charge is 0.341 e. The molecule has 4 aromatic carbocycles. The van der Waals surface area contributed by atoms with Gasteiger partial charge in [-0.2, -0.15) is 5.10 Å². The molecule has 30 heavy (non-hydrogen) atoms. The van der Waals surface area contributed by atoms with Gasteiger partial charge in [0.1, 0.15) is 17.1 Å². The molecule has 5 aromatic rings. The Morgan fingerprint density at radius 1 is 0.833 bits per heavy atom. The molecule has 5 heteroatoms. The highest BCUT2D eigenvalue weighted by Crippen LogP contribution is 2.37. The second kappa shape index (κ2) is 7.37. The first-order valence-corrected chi connectivity index (χ1v) is 9.54. The Labute approximate surface area is 172 Å². The van der Waals surface area contributed by atoms with Crippen LogP contribution in [0.5, 0.6) is 11.5 Å². The van der Waals surface area contributed by atoms with Crippen LogP contribution < -0.4 is 4.74 Å². The van der Waals surface area contributed by atoms with Gasteiger partial charge in [0, 0.05) is 17.1 Å². The number of aromatic amines is 1. The Hall–Kier alpha value is -4.12. The third-order valence-electron chi connectivity index (χ3n) is 5.17. The van der Waals surface area contributed by atoms with Gasteiger partial charge in [0.25, 0.3) is 0 Å². The van der Waals surface area contributed by atoms with Crippen LogP contribution in [-0.2, 0) is 4.74 Å². The van der Waals surface area contributed by atoms with Crippen LogP contribution in [0, 0.1) is 0 Å². The zero-order valence-electron chi connectivity index (χ0n) is 16.3. The number of esters is 1. The van der Waals surface area contributed by atoms with Crippen molar-refractivity contribution in [1.29, 1.82) is 0 Å². The summed E-state index contributed by atoms with van der Waals surface area (Å²) < 4.78 is 11.3. The predicted octanol–water partition coefficient (Wildman–Crippen LogP) is 5.96. The maximum absolute atomic E-state index is 12.5. The normalized spacial score (nSPS) is 11.0. The molecule has 0 radical (unpaired) electrons. The molecular formula is C25H18N2O3. The summed E-state index contributed by atoms with van der Waals surface area (Å²) in [5.74, 6) is 0.667. The number of methoxy groups -OCH3 is 1. The fraction of sp³-hybridized carbons (Fsp3) is 0.0400. The Morgan fingerprint density at radius 3 is 2.37 bits per heavy atom. The summed E-state index contributed by atoms with van der Waals surface area (Å²) in [6.45, 7) is 0. The number of carbonyl (C=O) groups is 1. The van der Waals surface area contributed by atoms with E-state index in [-0.39, 0.29) is 0 Å². The molecule has 0 spiro atoms. The zero-order valence-corrected chi connectivity index (χ0v) is 16.3. The number of aromatic nitrogens is 2. The molecule has 0 aliphatic rings. The van der Waals surface area contributed by atoms with E-state index >= 15 is 0 Å². The molecule has 0 saturated heterocycles. The number of nitrogens with zero attached hydrogens (tertiary/aromatic N) is 1. The lowest BCUT2D eigenvalue weighted by atomic mass is 10.0. The predicted molar refractivity (Wildman–Crippen MR) is 117 cm³/mol. The maximum atomic E-state index is 12.5. The van der Waals surface area contributed by atoms with Gasteiger partial charge in [0.2, 0.25) is 0 Å². The molecule has 0 aliphatic heterocycles. The molecule has 0 fully saturated rings. The van der Waals surface area contributed by atoms with Crippen LogP contribution in [0.4, 0.5) is 0 Å². The number of benzene rings is 4. The summed E-state index contributed by atoms with van der Waals surface area (Å²) in [6, 6.07) is 23.7. The largest absolute Gasteiger partial charge is 0.465 e. The molecule has 0 saturated carbocycles. The van der Waals surface area contributed by atoms with Gasteiger partial charge < -0.3 is 9.47 Å². The van der Waals surface area contributed by atoms with E-state index in [0.29, 0.717) is 17.1 Å². The van der Waals surface area contributed by atoms with Gasteiger partial charge in [-0.25, -0.2) is 4.79 Å². The summed E-state index contributed by atoms with van der Waals surface area (Å²) in [6.07, 6.45) is 3.47. The van der Waals surface area contributed by atoms with E-state index in [9.17, 15) is 4.79 Å². The zero-order chi connectivity index (χ0) is 20.5. The first kappa shape index (κ1) is 17.9. The first-order chi connectivity index (χ1) is 14.7. The van der Waals surface area contributed by atoms with Crippen LogP contribution in [0.3, 0.4) is 0 Å². The average Bonchev–Trinajstić information content (AvgIpc) is 3.34. The third kappa shape index (κ3) is 3.06. The highest BCUT2D eigenvalue weighted by Gasteiger charge is 2.17. The van der Waals surface area contributed by atoms with Crippen molar-refractivity contribution in [3.05, 3.63) is 90.8 Å². The quantitative estimate of drug-likeness (QED) is 0.302. The number of hydrogen-bond acceptors (Lipinski definition) is 4. The Bertz CT molecular complexity index is 1370. The van der Waals surface area contributed by atoms with Crippen LogP contribution in [-0.4, -0.2) is 23.3 Å². The topological polar surface area (TPSA) is 64.2 Å². The molecule has 0 aliphatic carbocycles. The van der Waals surface area contributed by atoms with E-state index < -0.39 is 5.97 Å². The molecule has 0 unspecified atom stereocenters. The lowest BCUT2D eigenvalue weighted by molar-refractivity contribution is 0.0598. The summed E-state index contributed by atoms with van der Waals surface area (Å²) >= 11 is 0. The fourth-order valence-electron chi connectivity index (χ4n) is 3.70. The Morgan fingerprint density at radius 2 is 1.60 bits per heavy atom. The van der Waals surface area contributed by atoms with E-state index in [4.69, 9.17) is 9.47 Å². The van der Waals surface area contributed by atoms with Crippen molar-refractivity contribution >= 4 is 27.5 Å². The van der Waals surface area contributed by atoms with Crippen molar-refractivity contribution in [2.45, 2.75) is 0 Å². The van der Waals surface area contributed by atoms with E-state index in [1.165, 1.54) is 7.11 Å². The van der Waals surface area contributed by atoms with Crippen LogP contribution >= 0.6 is 0 Å². The molecule has 5 rings (SSSR count). The Kier molecular flexibility index (Phi) is 4.41. The molecule has 146 valence electrons. The van der Waals surface area contributed by atoms with Gasteiger partial charge in [0.05, 0.1) is 13.3 Å². The van der Waals surface area contributed by atoms with Crippen LogP contribution in [0.2, 0.25) is 0 Å². The number of nitrogens with one attached hydrogen (secondary N) is 1. The minimum Gasteiger partial charge on any atom is -0.465 e. The van der Waals surface area contributed by atoms with Crippen molar-refractivity contribution in [2.75, 3.05) is 7.11 Å². The molecule has 0 bridgehead atoms. The summed E-state index contributed by atoms with van der Waals surface area (Å²) in [5, 5.41) is 11.1. The van der Waals surface area contributed by atoms with Gasteiger partial charge in [-0.1, -0.05) is 54.6 Å². The molecule has 1 aromatic heterocycles. The lowest BCUT2D eigenvalue weighted by Gasteiger charge is -2.15. The molecule has 1 heterocycles. The average molecular weight is 394 g/mol. The van der Waals surface area contributed by atoms with Crippen molar-refractivity contribution < 1.29 is 14.3 Å². The van der Waals surface area contributed by atoms with E-state index in [1.54, 1.807) is 24.5 Å². The van der Waals surface area contributed by atoms with Crippen LogP contribution in [0.1, 0.15) is 10.4 Å². The SMILES string of the molecule is COC(=O)c1cc(-c2cn[nH]c2)ccc1Oc1cc2ccccc2c2ccccc12. The molecule has 0 amide bonds. The molecule has 1 N–H and O–H groups in total. The van der Waals surface area contributed by atoms with Crippen LogP contribution in [0.15, 0.2) is 85.2 Å². The second-order valence-electron chi connectivity index (χ2n) is 6.93. The van der Waals surface area contributed by atoms with Gasteiger partial charge >= 0.3 is 5.97 Å². The number of rotatable bonds is 4. The van der Waals surface area contributed by atoms with E-state index in [2.05, 4.69) is 28.4 Å². The minimum absolute atomic E-state index is 0.355. The number of fused-ring (bicyclic) bond motifs is 3. The van der Waals surface area contributed by atoms with Gasteiger partial charge in [-0.15, -0.1) is 0 Å². The molecule has 5 nitrogen and oxygen atoms in total. The lowest BCUT2D eigenvalue weighted by Crippen LogP contribution is -2.04. The number of hydrogen-bond donors (Lipinski definition) is 1. The highest BCUT2D eigenvalue weighted by atomic mass is 16.5.